The predicted molar refractivity (Wildman–Crippen MR) is 88.6 cm³/mol. The third kappa shape index (κ3) is 2.16. The third-order valence-electron chi connectivity index (χ3n) is 3.95. The summed E-state index contributed by atoms with van der Waals surface area (Å²) < 4.78 is 5.82. The molecule has 2 aromatic carbocycles. The Hall–Kier alpha value is -3.14. The zero-order valence-corrected chi connectivity index (χ0v) is 12.4. The molecule has 4 aromatic rings. The van der Waals surface area contributed by atoms with Gasteiger partial charge in [0.1, 0.15) is 11.3 Å². The summed E-state index contributed by atoms with van der Waals surface area (Å²) in [6.45, 7) is 1.92. The molecule has 0 radical (unpaired) electrons. The van der Waals surface area contributed by atoms with Crippen LogP contribution in [0.4, 0.5) is 0 Å². The Morgan fingerprint density at radius 1 is 1.09 bits per heavy atom. The van der Waals surface area contributed by atoms with Crippen molar-refractivity contribution in [1.82, 2.24) is 4.98 Å². The molecule has 0 unspecified atom stereocenters. The maximum absolute atomic E-state index is 11.6. The number of rotatable bonds is 2. The maximum atomic E-state index is 11.6. The maximum Gasteiger partial charge on any atom is 0.336 e. The molecule has 23 heavy (non-hydrogen) atoms. The van der Waals surface area contributed by atoms with Gasteiger partial charge in [-0.2, -0.15) is 0 Å². The average Bonchev–Trinajstić information content (AvgIpc) is 2.98. The molecule has 2 aromatic heterocycles. The topological polar surface area (TPSA) is 63.3 Å². The van der Waals surface area contributed by atoms with Crippen molar-refractivity contribution in [2.45, 2.75) is 6.92 Å². The summed E-state index contributed by atoms with van der Waals surface area (Å²) in [5, 5.41) is 11.1. The number of aromatic nitrogens is 1. The molecule has 0 atom stereocenters. The van der Waals surface area contributed by atoms with E-state index in [9.17, 15) is 9.90 Å². The number of carboxylic acid groups (broad SMARTS) is 1. The number of aromatic carboxylic acids is 1. The van der Waals surface area contributed by atoms with Crippen molar-refractivity contribution in [2.75, 3.05) is 0 Å². The first-order chi connectivity index (χ1) is 11.1. The number of hydrogen-bond donors (Lipinski definition) is 1. The van der Waals surface area contributed by atoms with Gasteiger partial charge >= 0.3 is 5.97 Å². The lowest BCUT2D eigenvalue weighted by Crippen LogP contribution is -2.00. The Morgan fingerprint density at radius 3 is 2.70 bits per heavy atom. The second kappa shape index (κ2) is 4.95. The van der Waals surface area contributed by atoms with E-state index < -0.39 is 5.97 Å². The molecule has 0 saturated heterocycles. The molecule has 0 aliphatic rings. The molecular formula is C19H13NO3. The van der Waals surface area contributed by atoms with Crippen LogP contribution >= 0.6 is 0 Å². The SMILES string of the molecule is Cc1cccc2c(C(=O)O)cc(-c3cc4ccccc4o3)nc12. The van der Waals surface area contributed by atoms with Gasteiger partial charge in [0.25, 0.3) is 0 Å². The third-order valence-corrected chi connectivity index (χ3v) is 3.95. The van der Waals surface area contributed by atoms with Crippen LogP contribution in [0, 0.1) is 6.92 Å². The molecule has 4 rings (SSSR count). The number of nitrogens with zero attached hydrogens (tertiary/aromatic N) is 1. The molecule has 0 saturated carbocycles. The Balaban J connectivity index is 2.03. The van der Waals surface area contributed by atoms with Crippen LogP contribution in [0.3, 0.4) is 0 Å². The van der Waals surface area contributed by atoms with Crippen LogP contribution in [0.25, 0.3) is 33.3 Å². The molecule has 1 N–H and O–H groups in total. The molecule has 4 heteroatoms. The standard InChI is InChI=1S/C19H13NO3/c1-11-5-4-7-13-14(19(21)22)10-15(20-18(11)13)17-9-12-6-2-3-8-16(12)23-17/h2-10H,1H3,(H,21,22). The van der Waals surface area contributed by atoms with Crippen molar-refractivity contribution in [3.05, 3.63) is 65.7 Å². The largest absolute Gasteiger partial charge is 0.478 e. The lowest BCUT2D eigenvalue weighted by Gasteiger charge is -2.07. The molecule has 4 nitrogen and oxygen atoms in total. The van der Waals surface area contributed by atoms with Crippen molar-refractivity contribution in [3.8, 4) is 11.5 Å². The minimum Gasteiger partial charge on any atom is -0.478 e. The van der Waals surface area contributed by atoms with Crippen molar-refractivity contribution >= 4 is 27.8 Å². The van der Waals surface area contributed by atoms with E-state index in [0.717, 1.165) is 16.5 Å². The van der Waals surface area contributed by atoms with Crippen molar-refractivity contribution in [1.29, 1.82) is 0 Å². The Labute approximate surface area is 132 Å². The summed E-state index contributed by atoms with van der Waals surface area (Å²) in [5.74, 6) is -0.404. The van der Waals surface area contributed by atoms with E-state index in [1.807, 2.05) is 49.4 Å². The highest BCUT2D eigenvalue weighted by Crippen LogP contribution is 2.30. The molecule has 0 fully saturated rings. The summed E-state index contributed by atoms with van der Waals surface area (Å²) in [6, 6.07) is 16.7. The van der Waals surface area contributed by atoms with Crippen molar-refractivity contribution in [3.63, 3.8) is 0 Å². The minimum absolute atomic E-state index is 0.231. The van der Waals surface area contributed by atoms with Crippen molar-refractivity contribution in [2.24, 2.45) is 0 Å². The fraction of sp³-hybridized carbons (Fsp3) is 0.0526. The van der Waals surface area contributed by atoms with Gasteiger partial charge in [-0.05, 0) is 30.7 Å². The lowest BCUT2D eigenvalue weighted by molar-refractivity contribution is 0.0699. The minimum atomic E-state index is -0.972. The van der Waals surface area contributed by atoms with Crippen molar-refractivity contribution < 1.29 is 14.3 Å². The van der Waals surface area contributed by atoms with Crippen LogP contribution in [0.5, 0.6) is 0 Å². The van der Waals surface area contributed by atoms with E-state index in [1.54, 1.807) is 12.1 Å². The first-order valence-corrected chi connectivity index (χ1v) is 7.26. The molecule has 0 amide bonds. The van der Waals surface area contributed by atoms with Crippen LogP contribution in [-0.4, -0.2) is 16.1 Å². The van der Waals surface area contributed by atoms with Crippen LogP contribution < -0.4 is 0 Å². The predicted octanol–water partition coefficient (Wildman–Crippen LogP) is 4.65. The Kier molecular flexibility index (Phi) is 2.91. The van der Waals surface area contributed by atoms with Crippen LogP contribution in [0.2, 0.25) is 0 Å². The highest BCUT2D eigenvalue weighted by Gasteiger charge is 2.16. The number of para-hydroxylation sites is 2. The van der Waals surface area contributed by atoms with Gasteiger partial charge in [0.15, 0.2) is 5.76 Å². The quantitative estimate of drug-likeness (QED) is 0.585. The summed E-state index contributed by atoms with van der Waals surface area (Å²) in [6.07, 6.45) is 0. The molecule has 0 spiro atoms. The van der Waals surface area contributed by atoms with Gasteiger partial charge in [-0.25, -0.2) is 9.78 Å². The van der Waals surface area contributed by atoms with Gasteiger partial charge in [0.05, 0.1) is 11.1 Å². The summed E-state index contributed by atoms with van der Waals surface area (Å²) in [4.78, 5) is 16.2. The van der Waals surface area contributed by atoms with E-state index in [2.05, 4.69) is 4.98 Å². The van der Waals surface area contributed by atoms with Gasteiger partial charge in [-0.3, -0.25) is 0 Å². The van der Waals surface area contributed by atoms with Gasteiger partial charge in [0, 0.05) is 10.8 Å². The highest BCUT2D eigenvalue weighted by molar-refractivity contribution is 6.04. The molecule has 112 valence electrons. The van der Waals surface area contributed by atoms with Crippen LogP contribution in [-0.2, 0) is 0 Å². The van der Waals surface area contributed by atoms with Crippen LogP contribution in [0.15, 0.2) is 59.0 Å². The summed E-state index contributed by atoms with van der Waals surface area (Å²) in [5.41, 5.74) is 3.13. The number of carbonyl (C=O) groups is 1. The Bertz CT molecular complexity index is 1030. The Morgan fingerprint density at radius 2 is 1.91 bits per heavy atom. The zero-order valence-electron chi connectivity index (χ0n) is 12.4. The highest BCUT2D eigenvalue weighted by atomic mass is 16.4. The summed E-state index contributed by atoms with van der Waals surface area (Å²) in [7, 11) is 0. The van der Waals surface area contributed by atoms with E-state index in [1.165, 1.54) is 0 Å². The lowest BCUT2D eigenvalue weighted by atomic mass is 10.0. The average molecular weight is 303 g/mol. The van der Waals surface area contributed by atoms with E-state index in [-0.39, 0.29) is 5.56 Å². The fourth-order valence-corrected chi connectivity index (χ4v) is 2.80. The summed E-state index contributed by atoms with van der Waals surface area (Å²) >= 11 is 0. The number of hydrogen-bond acceptors (Lipinski definition) is 3. The van der Waals surface area contributed by atoms with Gasteiger partial charge in [-0.15, -0.1) is 0 Å². The molecular weight excluding hydrogens is 290 g/mol. The first kappa shape index (κ1) is 13.5. The second-order valence-electron chi connectivity index (χ2n) is 5.48. The fourth-order valence-electron chi connectivity index (χ4n) is 2.80. The molecule has 0 aliphatic heterocycles. The van der Waals surface area contributed by atoms with Gasteiger partial charge in [0.2, 0.25) is 0 Å². The van der Waals surface area contributed by atoms with E-state index in [4.69, 9.17) is 4.42 Å². The monoisotopic (exact) mass is 303 g/mol. The second-order valence-corrected chi connectivity index (χ2v) is 5.48. The van der Waals surface area contributed by atoms with E-state index >= 15 is 0 Å². The number of furan rings is 1. The van der Waals surface area contributed by atoms with Gasteiger partial charge in [-0.1, -0.05) is 36.4 Å². The first-order valence-electron chi connectivity index (χ1n) is 7.26. The molecule has 0 aliphatic carbocycles. The smallest absolute Gasteiger partial charge is 0.336 e. The van der Waals surface area contributed by atoms with Gasteiger partial charge < -0.3 is 9.52 Å². The molecule has 2 heterocycles. The number of aryl methyl sites for hydroxylation is 1. The normalized spacial score (nSPS) is 11.2. The number of carboxylic acids is 1. The van der Waals surface area contributed by atoms with Crippen LogP contribution in [0.1, 0.15) is 15.9 Å². The van der Waals surface area contributed by atoms with E-state index in [0.29, 0.717) is 22.4 Å². The number of benzene rings is 2. The number of pyridine rings is 1. The number of fused-ring (bicyclic) bond motifs is 2. The molecule has 0 bridgehead atoms. The zero-order chi connectivity index (χ0) is 16.0.